The minimum Gasteiger partial charge on any atom is -0.506 e. The molecule has 1 amide bonds. The summed E-state index contributed by atoms with van der Waals surface area (Å²) in [6, 6.07) is 1.41. The van der Waals surface area contributed by atoms with Crippen molar-refractivity contribution in [2.75, 3.05) is 5.32 Å². The van der Waals surface area contributed by atoms with Gasteiger partial charge in [0.15, 0.2) is 23.3 Å². The standard InChI is InChI=1S/C13H5ClF5NO2/c14-13(22)20-8-2-4(6(15)3-9(8)21)5-1-7(16)11(18)12(19)10(5)17/h1-3,21H,(H,20,22). The highest BCUT2D eigenvalue weighted by Crippen LogP contribution is 2.35. The smallest absolute Gasteiger partial charge is 0.318 e. The number of aromatic hydroxyl groups is 1. The maximum atomic E-state index is 13.8. The quantitative estimate of drug-likeness (QED) is 0.211. The van der Waals surface area contributed by atoms with E-state index in [-0.39, 0.29) is 6.07 Å². The Morgan fingerprint density at radius 3 is 2.14 bits per heavy atom. The molecule has 0 aliphatic heterocycles. The van der Waals surface area contributed by atoms with Crippen molar-refractivity contribution in [1.29, 1.82) is 0 Å². The Morgan fingerprint density at radius 2 is 1.55 bits per heavy atom. The topological polar surface area (TPSA) is 49.3 Å². The third-order valence-corrected chi connectivity index (χ3v) is 2.81. The Balaban J connectivity index is 2.70. The number of carbonyl (C=O) groups is 1. The van der Waals surface area contributed by atoms with E-state index in [2.05, 4.69) is 0 Å². The predicted molar refractivity (Wildman–Crippen MR) is 68.2 cm³/mol. The van der Waals surface area contributed by atoms with Crippen molar-refractivity contribution in [1.82, 2.24) is 0 Å². The lowest BCUT2D eigenvalue weighted by Crippen LogP contribution is -2.04. The number of hydrogen-bond acceptors (Lipinski definition) is 2. The van der Waals surface area contributed by atoms with Crippen LogP contribution >= 0.6 is 11.6 Å². The molecule has 2 N–H and O–H groups in total. The molecule has 0 bridgehead atoms. The minimum absolute atomic E-state index is 0.246. The molecule has 2 aromatic rings. The lowest BCUT2D eigenvalue weighted by molar-refractivity contribution is 0.269. The number of benzene rings is 2. The molecular formula is C13H5ClF5NO2. The molecule has 0 atom stereocenters. The highest BCUT2D eigenvalue weighted by atomic mass is 35.5. The molecule has 116 valence electrons. The van der Waals surface area contributed by atoms with Crippen LogP contribution in [-0.4, -0.2) is 10.5 Å². The van der Waals surface area contributed by atoms with Gasteiger partial charge in [-0.25, -0.2) is 22.0 Å². The van der Waals surface area contributed by atoms with Crippen LogP contribution in [0.25, 0.3) is 11.1 Å². The Bertz CT molecular complexity index is 782. The molecule has 2 rings (SSSR count). The zero-order chi connectivity index (χ0) is 16.6. The van der Waals surface area contributed by atoms with Crippen LogP contribution in [0.1, 0.15) is 0 Å². The van der Waals surface area contributed by atoms with Crippen LogP contribution in [0.3, 0.4) is 0 Å². The van der Waals surface area contributed by atoms with E-state index in [0.29, 0.717) is 12.1 Å². The van der Waals surface area contributed by atoms with E-state index in [0.717, 1.165) is 0 Å². The van der Waals surface area contributed by atoms with Gasteiger partial charge in [-0.15, -0.1) is 0 Å². The van der Waals surface area contributed by atoms with E-state index < -0.39 is 57.0 Å². The zero-order valence-corrected chi connectivity index (χ0v) is 11.1. The number of phenols is 1. The average molecular weight is 338 g/mol. The molecule has 0 spiro atoms. The molecule has 0 aromatic heterocycles. The summed E-state index contributed by atoms with van der Waals surface area (Å²) in [6.07, 6.45) is 0. The van der Waals surface area contributed by atoms with Crippen LogP contribution in [0, 0.1) is 29.1 Å². The van der Waals surface area contributed by atoms with Crippen LogP contribution in [0.15, 0.2) is 18.2 Å². The van der Waals surface area contributed by atoms with Crippen molar-refractivity contribution in [2.45, 2.75) is 0 Å². The third kappa shape index (κ3) is 2.82. The molecule has 2 aromatic carbocycles. The summed E-state index contributed by atoms with van der Waals surface area (Å²) in [7, 11) is 0. The third-order valence-electron chi connectivity index (χ3n) is 2.71. The van der Waals surface area contributed by atoms with Crippen molar-refractivity contribution >= 4 is 22.7 Å². The monoisotopic (exact) mass is 337 g/mol. The molecular weight excluding hydrogens is 333 g/mol. The second kappa shape index (κ2) is 5.80. The van der Waals surface area contributed by atoms with Gasteiger partial charge in [0.25, 0.3) is 0 Å². The second-order valence-corrected chi connectivity index (χ2v) is 4.44. The van der Waals surface area contributed by atoms with Gasteiger partial charge in [0.2, 0.25) is 0 Å². The molecule has 0 unspecified atom stereocenters. The Labute approximate surface area is 124 Å². The number of phenolic OH excluding ortho intramolecular Hbond substituents is 1. The van der Waals surface area contributed by atoms with Gasteiger partial charge in [0.1, 0.15) is 11.6 Å². The Hall–Kier alpha value is -2.35. The van der Waals surface area contributed by atoms with Gasteiger partial charge in [-0.3, -0.25) is 4.79 Å². The van der Waals surface area contributed by atoms with Crippen LogP contribution in [0.4, 0.5) is 32.4 Å². The van der Waals surface area contributed by atoms with Crippen molar-refractivity contribution in [2.24, 2.45) is 0 Å². The van der Waals surface area contributed by atoms with Gasteiger partial charge in [-0.2, -0.15) is 0 Å². The molecule has 0 saturated heterocycles. The molecule has 0 aliphatic rings. The van der Waals surface area contributed by atoms with Gasteiger partial charge in [-0.1, -0.05) is 0 Å². The van der Waals surface area contributed by atoms with Gasteiger partial charge < -0.3 is 10.4 Å². The fourth-order valence-corrected chi connectivity index (χ4v) is 1.85. The van der Waals surface area contributed by atoms with Crippen LogP contribution in [0.2, 0.25) is 0 Å². The molecule has 0 fully saturated rings. The maximum absolute atomic E-state index is 13.8. The minimum atomic E-state index is -2.12. The molecule has 0 radical (unpaired) electrons. The molecule has 22 heavy (non-hydrogen) atoms. The number of anilines is 1. The number of rotatable bonds is 2. The Kier molecular flexibility index (Phi) is 4.23. The molecule has 0 saturated carbocycles. The van der Waals surface area contributed by atoms with Crippen LogP contribution in [-0.2, 0) is 0 Å². The van der Waals surface area contributed by atoms with E-state index in [1.54, 1.807) is 0 Å². The number of carbonyl (C=O) groups excluding carboxylic acids is 1. The summed E-state index contributed by atoms with van der Waals surface area (Å²) in [5, 5.41) is 10.2. The van der Waals surface area contributed by atoms with E-state index in [1.807, 2.05) is 5.32 Å². The first kappa shape index (κ1) is 16.0. The van der Waals surface area contributed by atoms with Gasteiger partial charge in [-0.05, 0) is 23.7 Å². The van der Waals surface area contributed by atoms with Crippen molar-refractivity contribution in [3.63, 3.8) is 0 Å². The summed E-state index contributed by atoms with van der Waals surface area (Å²) in [5.41, 5.74) is -2.08. The fraction of sp³-hybridized carbons (Fsp3) is 0. The molecule has 9 heteroatoms. The first-order valence-corrected chi connectivity index (χ1v) is 5.92. The highest BCUT2D eigenvalue weighted by molar-refractivity contribution is 6.65. The van der Waals surface area contributed by atoms with Gasteiger partial charge in [0, 0.05) is 17.2 Å². The normalized spacial score (nSPS) is 10.6. The summed E-state index contributed by atoms with van der Waals surface area (Å²) in [6.45, 7) is 0. The average Bonchev–Trinajstić information content (AvgIpc) is 2.43. The van der Waals surface area contributed by atoms with Crippen molar-refractivity contribution in [3.8, 4) is 16.9 Å². The highest BCUT2D eigenvalue weighted by Gasteiger charge is 2.23. The number of hydrogen-bond donors (Lipinski definition) is 2. The van der Waals surface area contributed by atoms with Crippen LogP contribution in [0.5, 0.6) is 5.75 Å². The lowest BCUT2D eigenvalue weighted by Gasteiger charge is -2.11. The maximum Gasteiger partial charge on any atom is 0.318 e. The SMILES string of the molecule is O=C(Cl)Nc1cc(-c2cc(F)c(F)c(F)c2F)c(F)cc1O. The van der Waals surface area contributed by atoms with E-state index >= 15 is 0 Å². The van der Waals surface area contributed by atoms with Crippen LogP contribution < -0.4 is 5.32 Å². The molecule has 3 nitrogen and oxygen atoms in total. The first-order chi connectivity index (χ1) is 10.2. The van der Waals surface area contributed by atoms with E-state index in [4.69, 9.17) is 11.6 Å². The molecule has 0 heterocycles. The summed E-state index contributed by atoms with van der Waals surface area (Å²) >= 11 is 5.03. The lowest BCUT2D eigenvalue weighted by atomic mass is 10.0. The zero-order valence-electron chi connectivity index (χ0n) is 10.4. The first-order valence-electron chi connectivity index (χ1n) is 5.54. The number of halogens is 6. The van der Waals surface area contributed by atoms with Crippen molar-refractivity contribution in [3.05, 3.63) is 47.3 Å². The predicted octanol–water partition coefficient (Wildman–Crippen LogP) is 4.53. The summed E-state index contributed by atoms with van der Waals surface area (Å²) in [4.78, 5) is 10.7. The summed E-state index contributed by atoms with van der Waals surface area (Å²) < 4.78 is 66.8. The molecule has 0 aliphatic carbocycles. The number of nitrogens with one attached hydrogen (secondary N) is 1. The van der Waals surface area contributed by atoms with Gasteiger partial charge in [0.05, 0.1) is 5.69 Å². The largest absolute Gasteiger partial charge is 0.506 e. The fourth-order valence-electron chi connectivity index (χ4n) is 1.74. The van der Waals surface area contributed by atoms with E-state index in [1.165, 1.54) is 0 Å². The van der Waals surface area contributed by atoms with Crippen molar-refractivity contribution < 1.29 is 31.9 Å². The Morgan fingerprint density at radius 1 is 0.909 bits per heavy atom. The van der Waals surface area contributed by atoms with E-state index in [9.17, 15) is 31.9 Å². The van der Waals surface area contributed by atoms with Gasteiger partial charge >= 0.3 is 5.37 Å². The summed E-state index contributed by atoms with van der Waals surface area (Å²) in [5.74, 6) is -9.73. The second-order valence-electron chi connectivity index (χ2n) is 4.10. The number of amides is 1.